The largest absolute Gasteiger partial charge is 0.395 e. The maximum atomic E-state index is 12.0. The molecule has 0 aromatic heterocycles. The lowest BCUT2D eigenvalue weighted by atomic mass is 10.2. The monoisotopic (exact) mass is 281 g/mol. The van der Waals surface area contributed by atoms with Gasteiger partial charge in [0.2, 0.25) is 10.0 Å². The van der Waals surface area contributed by atoms with Gasteiger partial charge in [-0.2, -0.15) is 0 Å². The highest BCUT2D eigenvalue weighted by Gasteiger charge is 2.28. The van der Waals surface area contributed by atoms with Gasteiger partial charge in [-0.15, -0.1) is 0 Å². The lowest BCUT2D eigenvalue weighted by Gasteiger charge is -2.20. The van der Waals surface area contributed by atoms with E-state index in [1.807, 2.05) is 0 Å². The van der Waals surface area contributed by atoms with E-state index >= 15 is 0 Å². The SMILES string of the molecule is CC(C)(C)S(=O)(=O)Nc1ccc(C#CCCO)cc1. The number of rotatable bonds is 3. The van der Waals surface area contributed by atoms with Crippen LogP contribution in [0.5, 0.6) is 0 Å². The summed E-state index contributed by atoms with van der Waals surface area (Å²) in [6.45, 7) is 4.97. The van der Waals surface area contributed by atoms with Crippen molar-refractivity contribution in [3.8, 4) is 11.8 Å². The van der Waals surface area contributed by atoms with Crippen LogP contribution in [0.3, 0.4) is 0 Å². The zero-order chi connectivity index (χ0) is 14.5. The second kappa shape index (κ2) is 6.09. The van der Waals surface area contributed by atoms with Crippen molar-refractivity contribution in [1.82, 2.24) is 0 Å². The average Bonchev–Trinajstić information content (AvgIpc) is 2.30. The Labute approximate surface area is 114 Å². The molecule has 0 heterocycles. The minimum atomic E-state index is -3.40. The fourth-order valence-electron chi connectivity index (χ4n) is 1.15. The molecule has 0 unspecified atom stereocenters. The minimum Gasteiger partial charge on any atom is -0.395 e. The molecule has 0 aliphatic rings. The molecule has 0 saturated heterocycles. The summed E-state index contributed by atoms with van der Waals surface area (Å²) in [5.41, 5.74) is 1.30. The van der Waals surface area contributed by atoms with Gasteiger partial charge in [0.05, 0.1) is 11.4 Å². The first-order valence-electron chi connectivity index (χ1n) is 5.98. The zero-order valence-electron chi connectivity index (χ0n) is 11.4. The summed E-state index contributed by atoms with van der Waals surface area (Å²) < 4.78 is 25.6. The molecule has 104 valence electrons. The first-order valence-corrected chi connectivity index (χ1v) is 7.47. The van der Waals surface area contributed by atoms with Crippen molar-refractivity contribution in [3.63, 3.8) is 0 Å². The van der Waals surface area contributed by atoms with E-state index in [-0.39, 0.29) is 6.61 Å². The van der Waals surface area contributed by atoms with Crippen LogP contribution in [0.4, 0.5) is 5.69 Å². The minimum absolute atomic E-state index is 0.0382. The second-order valence-electron chi connectivity index (χ2n) is 5.07. The molecule has 4 nitrogen and oxygen atoms in total. The quantitative estimate of drug-likeness (QED) is 0.832. The van der Waals surface area contributed by atoms with Gasteiger partial charge in [0, 0.05) is 17.7 Å². The first-order chi connectivity index (χ1) is 8.76. The number of benzene rings is 1. The zero-order valence-corrected chi connectivity index (χ0v) is 12.2. The Bertz CT molecular complexity index is 572. The number of nitrogens with one attached hydrogen (secondary N) is 1. The third-order valence-electron chi connectivity index (χ3n) is 2.41. The Morgan fingerprint density at radius 1 is 1.21 bits per heavy atom. The normalized spacial score (nSPS) is 11.6. The van der Waals surface area contributed by atoms with Gasteiger partial charge in [0.25, 0.3) is 0 Å². The van der Waals surface area contributed by atoms with Crippen molar-refractivity contribution >= 4 is 15.7 Å². The van der Waals surface area contributed by atoms with Crippen molar-refractivity contribution in [2.75, 3.05) is 11.3 Å². The molecule has 1 aromatic rings. The van der Waals surface area contributed by atoms with Gasteiger partial charge in [-0.3, -0.25) is 4.72 Å². The highest BCUT2D eigenvalue weighted by atomic mass is 32.2. The molecule has 19 heavy (non-hydrogen) atoms. The van der Waals surface area contributed by atoms with E-state index in [0.29, 0.717) is 12.1 Å². The first kappa shape index (κ1) is 15.5. The Morgan fingerprint density at radius 3 is 2.26 bits per heavy atom. The van der Waals surface area contributed by atoms with Gasteiger partial charge in [0.1, 0.15) is 0 Å². The smallest absolute Gasteiger partial charge is 0.237 e. The van der Waals surface area contributed by atoms with E-state index < -0.39 is 14.8 Å². The van der Waals surface area contributed by atoms with E-state index in [0.717, 1.165) is 5.56 Å². The van der Waals surface area contributed by atoms with Gasteiger partial charge >= 0.3 is 0 Å². The lowest BCUT2D eigenvalue weighted by Crippen LogP contribution is -2.33. The predicted molar refractivity (Wildman–Crippen MR) is 77.3 cm³/mol. The summed E-state index contributed by atoms with van der Waals surface area (Å²) in [4.78, 5) is 0. The molecular weight excluding hydrogens is 262 g/mol. The molecule has 1 aromatic carbocycles. The molecule has 0 fully saturated rings. The van der Waals surface area contributed by atoms with Gasteiger partial charge < -0.3 is 5.11 Å². The molecule has 0 radical (unpaired) electrons. The van der Waals surface area contributed by atoms with E-state index in [4.69, 9.17) is 5.11 Å². The van der Waals surface area contributed by atoms with Crippen molar-refractivity contribution in [1.29, 1.82) is 0 Å². The summed E-state index contributed by atoms with van der Waals surface area (Å²) >= 11 is 0. The van der Waals surface area contributed by atoms with Crippen molar-refractivity contribution < 1.29 is 13.5 Å². The summed E-state index contributed by atoms with van der Waals surface area (Å²) in [5.74, 6) is 5.68. The van der Waals surface area contributed by atoms with Gasteiger partial charge in [0.15, 0.2) is 0 Å². The van der Waals surface area contributed by atoms with Crippen LogP contribution in [-0.2, 0) is 10.0 Å². The number of hydrogen-bond acceptors (Lipinski definition) is 3. The Kier molecular flexibility index (Phi) is 4.98. The molecule has 0 aliphatic carbocycles. The van der Waals surface area contributed by atoms with Crippen LogP contribution in [0.2, 0.25) is 0 Å². The lowest BCUT2D eigenvalue weighted by molar-refractivity contribution is 0.305. The molecule has 0 saturated carbocycles. The van der Waals surface area contributed by atoms with Crippen molar-refractivity contribution in [2.45, 2.75) is 31.9 Å². The predicted octanol–water partition coefficient (Wildman–Crippen LogP) is 1.96. The maximum Gasteiger partial charge on any atom is 0.237 e. The molecule has 1 rings (SSSR count). The second-order valence-corrected chi connectivity index (χ2v) is 7.51. The highest BCUT2D eigenvalue weighted by molar-refractivity contribution is 7.94. The molecule has 2 N–H and O–H groups in total. The molecule has 5 heteroatoms. The van der Waals surface area contributed by atoms with Gasteiger partial charge in [-0.25, -0.2) is 8.42 Å². The Hall–Kier alpha value is -1.51. The summed E-state index contributed by atoms with van der Waals surface area (Å²) in [5, 5.41) is 8.61. The van der Waals surface area contributed by atoms with Gasteiger partial charge in [-0.05, 0) is 45.0 Å². The van der Waals surface area contributed by atoms with Crippen LogP contribution in [-0.4, -0.2) is 24.9 Å². The molecule has 0 spiro atoms. The van der Waals surface area contributed by atoms with E-state index in [1.165, 1.54) is 0 Å². The number of aliphatic hydroxyl groups is 1. The standard InChI is InChI=1S/C14H19NO3S/c1-14(2,3)19(17,18)15-13-9-7-12(8-10-13)6-4-5-11-16/h7-10,15-16H,5,11H2,1-3H3. The molecule has 0 bridgehead atoms. The van der Waals surface area contributed by atoms with Crippen LogP contribution in [0.25, 0.3) is 0 Å². The topological polar surface area (TPSA) is 66.4 Å². The van der Waals surface area contributed by atoms with Crippen LogP contribution in [0, 0.1) is 11.8 Å². The van der Waals surface area contributed by atoms with Crippen LogP contribution < -0.4 is 4.72 Å². The third-order valence-corrected chi connectivity index (χ3v) is 4.53. The number of sulfonamides is 1. The summed E-state index contributed by atoms with van der Waals surface area (Å²) in [6.07, 6.45) is 0.429. The van der Waals surface area contributed by atoms with Crippen LogP contribution in [0.15, 0.2) is 24.3 Å². The molecule has 0 atom stereocenters. The molecule has 0 aliphatic heterocycles. The van der Waals surface area contributed by atoms with Crippen molar-refractivity contribution in [2.24, 2.45) is 0 Å². The van der Waals surface area contributed by atoms with Crippen LogP contribution in [0.1, 0.15) is 32.8 Å². The summed E-state index contributed by atoms with van der Waals surface area (Å²) in [6, 6.07) is 6.83. The Balaban J connectivity index is 2.82. The van der Waals surface area contributed by atoms with E-state index in [9.17, 15) is 8.42 Å². The Morgan fingerprint density at radius 2 is 1.79 bits per heavy atom. The average molecular weight is 281 g/mol. The third kappa shape index (κ3) is 4.58. The van der Waals surface area contributed by atoms with Gasteiger partial charge in [-0.1, -0.05) is 11.8 Å². The number of anilines is 1. The molecular formula is C14H19NO3S. The number of aliphatic hydroxyl groups excluding tert-OH is 1. The van der Waals surface area contributed by atoms with Crippen LogP contribution >= 0.6 is 0 Å². The highest BCUT2D eigenvalue weighted by Crippen LogP contribution is 2.19. The fraction of sp³-hybridized carbons (Fsp3) is 0.429. The maximum absolute atomic E-state index is 12.0. The van der Waals surface area contributed by atoms with E-state index in [2.05, 4.69) is 16.6 Å². The fourth-order valence-corrected chi connectivity index (χ4v) is 1.90. The van der Waals surface area contributed by atoms with E-state index in [1.54, 1.807) is 45.0 Å². The summed E-state index contributed by atoms with van der Waals surface area (Å²) in [7, 11) is -3.40. The molecule has 0 amide bonds. The van der Waals surface area contributed by atoms with Crippen molar-refractivity contribution in [3.05, 3.63) is 29.8 Å². The number of hydrogen-bond donors (Lipinski definition) is 2.